The highest BCUT2D eigenvalue weighted by Gasteiger charge is 2.13. The predicted octanol–water partition coefficient (Wildman–Crippen LogP) is 1.29. The average molecular weight is 294 g/mol. The van der Waals surface area contributed by atoms with Gasteiger partial charge in [-0.15, -0.1) is 0 Å². The molecule has 20 heavy (non-hydrogen) atoms. The van der Waals surface area contributed by atoms with Gasteiger partial charge in [0.25, 0.3) is 5.91 Å². The molecule has 0 aliphatic carbocycles. The van der Waals surface area contributed by atoms with Crippen molar-refractivity contribution in [1.82, 2.24) is 15.2 Å². The number of hydrogen-bond acceptors (Lipinski definition) is 5. The number of nitrogens with zero attached hydrogens (tertiary/aromatic N) is 2. The fraction of sp³-hybridized carbons (Fsp3) is 0.571. The van der Waals surface area contributed by atoms with Crippen LogP contribution in [0.15, 0.2) is 18.5 Å². The topological polar surface area (TPSA) is 57.3 Å². The van der Waals surface area contributed by atoms with Crippen molar-refractivity contribution in [1.29, 1.82) is 0 Å². The Morgan fingerprint density at radius 3 is 3.00 bits per heavy atom. The number of nitrogens with one attached hydrogen (secondary N) is 2. The van der Waals surface area contributed by atoms with Gasteiger partial charge in [0.1, 0.15) is 0 Å². The van der Waals surface area contributed by atoms with Crippen molar-refractivity contribution in [3.63, 3.8) is 0 Å². The number of hydrogen-bond donors (Lipinski definition) is 2. The Morgan fingerprint density at radius 1 is 1.45 bits per heavy atom. The molecule has 1 saturated heterocycles. The van der Waals surface area contributed by atoms with Crippen LogP contribution in [0, 0.1) is 0 Å². The van der Waals surface area contributed by atoms with E-state index in [-0.39, 0.29) is 5.91 Å². The van der Waals surface area contributed by atoms with E-state index < -0.39 is 0 Å². The Balaban J connectivity index is 1.82. The molecule has 0 radical (unpaired) electrons. The molecule has 5 nitrogen and oxygen atoms in total. The smallest absolute Gasteiger partial charge is 0.254 e. The number of carbonyl (C=O) groups is 1. The zero-order chi connectivity index (χ0) is 14.2. The van der Waals surface area contributed by atoms with Crippen molar-refractivity contribution in [3.05, 3.63) is 24.0 Å². The van der Waals surface area contributed by atoms with Crippen LogP contribution in [0.25, 0.3) is 0 Å². The Hall–Kier alpha value is -1.27. The fourth-order valence-corrected chi connectivity index (χ4v) is 3.15. The molecule has 1 aliphatic heterocycles. The number of rotatable bonds is 6. The van der Waals surface area contributed by atoms with E-state index in [4.69, 9.17) is 0 Å². The molecule has 6 heteroatoms. The quantitative estimate of drug-likeness (QED) is 0.828. The van der Waals surface area contributed by atoms with Gasteiger partial charge in [-0.2, -0.15) is 11.8 Å². The maximum atomic E-state index is 12.2. The summed E-state index contributed by atoms with van der Waals surface area (Å²) in [5.74, 6) is 2.34. The van der Waals surface area contributed by atoms with Crippen molar-refractivity contribution in [2.24, 2.45) is 0 Å². The van der Waals surface area contributed by atoms with Gasteiger partial charge in [0, 0.05) is 56.6 Å². The van der Waals surface area contributed by atoms with Crippen LogP contribution in [0.4, 0.5) is 5.69 Å². The van der Waals surface area contributed by atoms with E-state index in [0.717, 1.165) is 31.9 Å². The monoisotopic (exact) mass is 294 g/mol. The molecule has 1 aromatic heterocycles. The molecule has 0 saturated carbocycles. The summed E-state index contributed by atoms with van der Waals surface area (Å²) in [5, 5.41) is 6.16. The predicted molar refractivity (Wildman–Crippen MR) is 84.5 cm³/mol. The minimum atomic E-state index is -0.0552. The molecule has 1 amide bonds. The highest BCUT2D eigenvalue weighted by molar-refractivity contribution is 7.99. The highest BCUT2D eigenvalue weighted by atomic mass is 32.2. The van der Waals surface area contributed by atoms with E-state index >= 15 is 0 Å². The molecule has 0 spiro atoms. The van der Waals surface area contributed by atoms with Crippen LogP contribution in [0.3, 0.4) is 0 Å². The minimum absolute atomic E-state index is 0.0552. The lowest BCUT2D eigenvalue weighted by Crippen LogP contribution is -2.39. The maximum Gasteiger partial charge on any atom is 0.254 e. The number of amides is 1. The summed E-state index contributed by atoms with van der Waals surface area (Å²) in [5.41, 5.74) is 1.46. The van der Waals surface area contributed by atoms with Gasteiger partial charge in [-0.1, -0.05) is 0 Å². The summed E-state index contributed by atoms with van der Waals surface area (Å²) >= 11 is 2.00. The van der Waals surface area contributed by atoms with Gasteiger partial charge in [0.15, 0.2) is 0 Å². The number of thioether (sulfide) groups is 1. The molecule has 0 atom stereocenters. The summed E-state index contributed by atoms with van der Waals surface area (Å²) in [6.07, 6.45) is 3.31. The summed E-state index contributed by atoms with van der Waals surface area (Å²) in [6.45, 7) is 6.64. The lowest BCUT2D eigenvalue weighted by Gasteiger charge is -2.26. The first-order valence-corrected chi connectivity index (χ1v) is 8.23. The van der Waals surface area contributed by atoms with Crippen LogP contribution in [0.1, 0.15) is 17.3 Å². The second kappa shape index (κ2) is 8.11. The molecule has 1 aromatic rings. The molecular formula is C14H22N4OS. The Morgan fingerprint density at radius 2 is 2.25 bits per heavy atom. The third kappa shape index (κ3) is 4.38. The number of carbonyl (C=O) groups excluding carboxylic acids is 1. The molecule has 0 unspecified atom stereocenters. The summed E-state index contributed by atoms with van der Waals surface area (Å²) in [6, 6.07) is 1.83. The summed E-state index contributed by atoms with van der Waals surface area (Å²) in [4.78, 5) is 18.6. The van der Waals surface area contributed by atoms with Gasteiger partial charge in [0.05, 0.1) is 11.3 Å². The number of aromatic nitrogens is 1. The normalized spacial score (nSPS) is 15.8. The van der Waals surface area contributed by atoms with Gasteiger partial charge >= 0.3 is 0 Å². The first-order chi connectivity index (χ1) is 9.81. The molecule has 1 aliphatic rings. The molecule has 2 rings (SSSR count). The molecule has 1 fully saturated rings. The van der Waals surface area contributed by atoms with Gasteiger partial charge in [-0.25, -0.2) is 0 Å². The van der Waals surface area contributed by atoms with Crippen molar-refractivity contribution in [2.75, 3.05) is 49.5 Å². The van der Waals surface area contributed by atoms with Crippen LogP contribution >= 0.6 is 11.8 Å². The maximum absolute atomic E-state index is 12.2. The van der Waals surface area contributed by atoms with Crippen LogP contribution in [-0.4, -0.2) is 60.0 Å². The Labute approximate surface area is 124 Å². The van der Waals surface area contributed by atoms with Crippen LogP contribution in [0.5, 0.6) is 0 Å². The number of pyridine rings is 1. The first-order valence-electron chi connectivity index (χ1n) is 7.07. The first kappa shape index (κ1) is 15.1. The molecule has 2 N–H and O–H groups in total. The zero-order valence-electron chi connectivity index (χ0n) is 11.9. The molecular weight excluding hydrogens is 272 g/mol. The minimum Gasteiger partial charge on any atom is -0.385 e. The van der Waals surface area contributed by atoms with E-state index in [1.807, 2.05) is 24.8 Å². The van der Waals surface area contributed by atoms with Crippen molar-refractivity contribution >= 4 is 23.4 Å². The number of anilines is 1. The Kier molecular flexibility index (Phi) is 6.14. The SMILES string of the molecule is CCNc1ccncc1C(=O)NCCN1CCSCC1. The lowest BCUT2D eigenvalue weighted by molar-refractivity contribution is 0.0949. The van der Waals surface area contributed by atoms with Crippen LogP contribution in [-0.2, 0) is 0 Å². The molecule has 2 heterocycles. The van der Waals surface area contributed by atoms with Crippen LogP contribution < -0.4 is 10.6 Å². The van der Waals surface area contributed by atoms with E-state index in [0.29, 0.717) is 12.1 Å². The molecule has 0 aromatic carbocycles. The highest BCUT2D eigenvalue weighted by Crippen LogP contribution is 2.13. The second-order valence-electron chi connectivity index (χ2n) is 4.66. The molecule has 110 valence electrons. The Bertz CT molecular complexity index is 435. The largest absolute Gasteiger partial charge is 0.385 e. The van der Waals surface area contributed by atoms with Crippen LogP contribution in [0.2, 0.25) is 0 Å². The van der Waals surface area contributed by atoms with E-state index in [1.54, 1.807) is 12.4 Å². The zero-order valence-corrected chi connectivity index (χ0v) is 12.7. The summed E-state index contributed by atoms with van der Waals surface area (Å²) in [7, 11) is 0. The van der Waals surface area contributed by atoms with E-state index in [9.17, 15) is 4.79 Å². The van der Waals surface area contributed by atoms with Gasteiger partial charge in [0.2, 0.25) is 0 Å². The van der Waals surface area contributed by atoms with E-state index in [2.05, 4.69) is 20.5 Å². The standard InChI is InChI=1S/C14H22N4OS/c1-2-16-13-3-4-15-11-12(13)14(19)17-5-6-18-7-9-20-10-8-18/h3-4,11H,2,5-10H2,1H3,(H,15,16)(H,17,19). The van der Waals surface area contributed by atoms with Gasteiger partial charge < -0.3 is 10.6 Å². The summed E-state index contributed by atoms with van der Waals surface area (Å²) < 4.78 is 0. The fourth-order valence-electron chi connectivity index (χ4n) is 2.17. The van der Waals surface area contributed by atoms with E-state index in [1.165, 1.54) is 11.5 Å². The lowest BCUT2D eigenvalue weighted by atomic mass is 10.2. The van der Waals surface area contributed by atoms with Gasteiger partial charge in [-0.05, 0) is 13.0 Å². The third-order valence-electron chi connectivity index (χ3n) is 3.25. The third-order valence-corrected chi connectivity index (χ3v) is 4.19. The molecule has 0 bridgehead atoms. The van der Waals surface area contributed by atoms with Crippen molar-refractivity contribution in [2.45, 2.75) is 6.92 Å². The van der Waals surface area contributed by atoms with Crippen molar-refractivity contribution < 1.29 is 4.79 Å². The average Bonchev–Trinajstić information content (AvgIpc) is 2.49. The second-order valence-corrected chi connectivity index (χ2v) is 5.89. The van der Waals surface area contributed by atoms with Crippen molar-refractivity contribution in [3.8, 4) is 0 Å². The van der Waals surface area contributed by atoms with Gasteiger partial charge in [-0.3, -0.25) is 14.7 Å².